The number of H-pyrrole nitrogens is 3. The number of aryl methyl sites for hydroxylation is 1. The molecule has 1 atom stereocenters. The van der Waals surface area contributed by atoms with E-state index in [1.165, 1.54) is 0 Å². The Bertz CT molecular complexity index is 1790. The number of hydrogen-bond donors (Lipinski definition) is 6. The zero-order valence-electron chi connectivity index (χ0n) is 23.5. The first kappa shape index (κ1) is 27.5. The lowest BCUT2D eigenvalue weighted by Gasteiger charge is -2.28. The highest BCUT2D eigenvalue weighted by atomic mass is 16.2. The Hall–Kier alpha value is -4.70. The Morgan fingerprint density at radius 1 is 1.00 bits per heavy atom. The number of anilines is 1. The van der Waals surface area contributed by atoms with Gasteiger partial charge in [0.05, 0.1) is 28.3 Å². The van der Waals surface area contributed by atoms with Crippen LogP contribution in [0, 0.1) is 18.8 Å². The van der Waals surface area contributed by atoms with Crippen molar-refractivity contribution < 1.29 is 9.59 Å². The Kier molecular flexibility index (Phi) is 7.62. The molecule has 1 unspecified atom stereocenters. The third kappa shape index (κ3) is 5.71. The van der Waals surface area contributed by atoms with Crippen molar-refractivity contribution in [3.63, 3.8) is 0 Å². The molecular weight excluding hydrogens is 530 g/mol. The van der Waals surface area contributed by atoms with Gasteiger partial charge in [-0.15, -0.1) is 0 Å². The maximum atomic E-state index is 13.6. The third-order valence-electron chi connectivity index (χ3n) is 8.50. The number of aromatic amines is 3. The molecule has 3 aromatic carbocycles. The van der Waals surface area contributed by atoms with E-state index in [-0.39, 0.29) is 23.3 Å². The summed E-state index contributed by atoms with van der Waals surface area (Å²) in [7, 11) is 0. The van der Waals surface area contributed by atoms with E-state index in [4.69, 9.17) is 5.73 Å². The first-order chi connectivity index (χ1) is 20.4. The molecule has 5 aromatic rings. The molecule has 2 aromatic heterocycles. The summed E-state index contributed by atoms with van der Waals surface area (Å²) in [4.78, 5) is 46.3. The molecule has 10 heteroatoms. The van der Waals surface area contributed by atoms with E-state index in [1.54, 1.807) is 24.5 Å². The summed E-state index contributed by atoms with van der Waals surface area (Å²) < 4.78 is 0. The molecule has 216 valence electrons. The molecule has 2 heterocycles. The average molecular weight is 566 g/mol. The number of carbonyl (C=O) groups excluding carboxylic acids is 2. The molecular formula is C32H35N7O3. The van der Waals surface area contributed by atoms with Crippen LogP contribution in [0.1, 0.15) is 36.8 Å². The van der Waals surface area contributed by atoms with Crippen LogP contribution in [-0.2, 0) is 16.0 Å². The van der Waals surface area contributed by atoms with Gasteiger partial charge >= 0.3 is 0 Å². The summed E-state index contributed by atoms with van der Waals surface area (Å²) in [5, 5.41) is 11.8. The monoisotopic (exact) mass is 565 g/mol. The van der Waals surface area contributed by atoms with E-state index >= 15 is 0 Å². The topological polar surface area (TPSA) is 162 Å². The predicted molar refractivity (Wildman–Crippen MR) is 164 cm³/mol. The van der Waals surface area contributed by atoms with E-state index in [1.807, 2.05) is 24.3 Å². The van der Waals surface area contributed by atoms with Gasteiger partial charge in [-0.25, -0.2) is 4.98 Å². The van der Waals surface area contributed by atoms with Crippen molar-refractivity contribution in [3.8, 4) is 11.1 Å². The highest BCUT2D eigenvalue weighted by molar-refractivity contribution is 5.99. The van der Waals surface area contributed by atoms with E-state index < -0.39 is 6.04 Å². The lowest BCUT2D eigenvalue weighted by Crippen LogP contribution is -2.48. The van der Waals surface area contributed by atoms with Crippen molar-refractivity contribution in [1.29, 1.82) is 0 Å². The molecule has 0 spiro atoms. The number of fused-ring (bicyclic) bond motifs is 2. The van der Waals surface area contributed by atoms with Gasteiger partial charge in [-0.3, -0.25) is 24.6 Å². The number of hydrogen-bond acceptors (Lipinski definition) is 5. The van der Waals surface area contributed by atoms with Crippen LogP contribution in [-0.4, -0.2) is 44.6 Å². The first-order valence-electron chi connectivity index (χ1n) is 14.4. The number of aromatic nitrogens is 4. The second-order valence-electron chi connectivity index (χ2n) is 11.3. The molecule has 1 aliphatic rings. The molecule has 1 fully saturated rings. The van der Waals surface area contributed by atoms with Crippen LogP contribution in [0.3, 0.4) is 0 Å². The fourth-order valence-corrected chi connectivity index (χ4v) is 5.96. The lowest BCUT2D eigenvalue weighted by molar-refractivity contribution is -0.130. The van der Waals surface area contributed by atoms with Crippen LogP contribution in [0.2, 0.25) is 0 Å². The molecule has 10 nitrogen and oxygen atoms in total. The minimum Gasteiger partial charge on any atom is -0.345 e. The standard InChI is InChI=1S/C32H35N7O3/c1-18-12-27-28(35-17-34-27)15-25(18)21-6-2-19(3-7-21)13-29(37-30(40)22-8-4-20(16-33)5-9-22)32(42)36-23-10-11-24-26(14-23)38-39-31(24)41/h2-3,6-7,10-12,14-15,17,20,22,29H,4-5,8-9,13,16,33H2,1H3,(H,34,35)(H,36,42)(H,37,40)(H2,38,39,41). The molecule has 1 saturated carbocycles. The number of imidazole rings is 1. The number of nitrogens with zero attached hydrogens (tertiary/aromatic N) is 1. The molecule has 0 bridgehead atoms. The molecule has 1 aliphatic carbocycles. The zero-order valence-corrected chi connectivity index (χ0v) is 23.5. The quantitative estimate of drug-likeness (QED) is 0.166. The second kappa shape index (κ2) is 11.7. The summed E-state index contributed by atoms with van der Waals surface area (Å²) in [5.74, 6) is -0.0961. The fraction of sp³-hybridized carbons (Fsp3) is 0.312. The van der Waals surface area contributed by atoms with Crippen LogP contribution < -0.4 is 21.9 Å². The van der Waals surface area contributed by atoms with Crippen molar-refractivity contribution in [2.24, 2.45) is 17.6 Å². The lowest BCUT2D eigenvalue weighted by atomic mass is 9.81. The molecule has 2 amide bonds. The summed E-state index contributed by atoms with van der Waals surface area (Å²) in [6, 6.07) is 16.5. The van der Waals surface area contributed by atoms with Crippen LogP contribution >= 0.6 is 0 Å². The smallest absolute Gasteiger partial charge is 0.271 e. The van der Waals surface area contributed by atoms with Gasteiger partial charge in [0.1, 0.15) is 6.04 Å². The van der Waals surface area contributed by atoms with Gasteiger partial charge in [0.25, 0.3) is 5.56 Å². The molecule has 0 saturated heterocycles. The van der Waals surface area contributed by atoms with Crippen LogP contribution in [0.4, 0.5) is 5.69 Å². The summed E-state index contributed by atoms with van der Waals surface area (Å²) in [6.45, 7) is 2.71. The van der Waals surface area contributed by atoms with Crippen molar-refractivity contribution in [3.05, 3.63) is 82.4 Å². The number of nitrogens with one attached hydrogen (secondary N) is 5. The Morgan fingerprint density at radius 2 is 1.79 bits per heavy atom. The highest BCUT2D eigenvalue weighted by Crippen LogP contribution is 2.29. The van der Waals surface area contributed by atoms with Gasteiger partial charge in [0.15, 0.2) is 0 Å². The summed E-state index contributed by atoms with van der Waals surface area (Å²) in [5.41, 5.74) is 12.8. The van der Waals surface area contributed by atoms with Gasteiger partial charge in [0.2, 0.25) is 11.8 Å². The van der Waals surface area contributed by atoms with Crippen LogP contribution in [0.5, 0.6) is 0 Å². The molecule has 42 heavy (non-hydrogen) atoms. The second-order valence-corrected chi connectivity index (χ2v) is 11.3. The Balaban J connectivity index is 1.21. The normalized spacial score (nSPS) is 17.8. The number of rotatable bonds is 8. The fourth-order valence-electron chi connectivity index (χ4n) is 5.96. The molecule has 6 rings (SSSR count). The maximum Gasteiger partial charge on any atom is 0.271 e. The van der Waals surface area contributed by atoms with Gasteiger partial charge in [-0.2, -0.15) is 0 Å². The van der Waals surface area contributed by atoms with E-state index in [0.29, 0.717) is 35.5 Å². The summed E-state index contributed by atoms with van der Waals surface area (Å²) in [6.07, 6.45) is 5.41. The average Bonchev–Trinajstić information content (AvgIpc) is 3.62. The van der Waals surface area contributed by atoms with E-state index in [2.05, 4.69) is 49.9 Å². The first-order valence-corrected chi connectivity index (χ1v) is 14.4. The van der Waals surface area contributed by atoms with Gasteiger partial charge in [-0.1, -0.05) is 24.3 Å². The van der Waals surface area contributed by atoms with Gasteiger partial charge in [0, 0.05) is 18.0 Å². The number of nitrogens with two attached hydrogens (primary N) is 1. The minimum atomic E-state index is -0.779. The number of benzene rings is 3. The number of amides is 2. The van der Waals surface area contributed by atoms with Crippen molar-refractivity contribution in [1.82, 2.24) is 25.5 Å². The Labute approximate surface area is 242 Å². The third-order valence-corrected chi connectivity index (χ3v) is 8.50. The number of carbonyl (C=O) groups is 2. The van der Waals surface area contributed by atoms with E-state index in [9.17, 15) is 14.4 Å². The molecule has 0 aliphatic heterocycles. The predicted octanol–water partition coefficient (Wildman–Crippen LogP) is 4.14. The SMILES string of the molecule is Cc1cc2[nH]cnc2cc1-c1ccc(CC(NC(=O)C2CCC(CN)CC2)C(=O)Nc2ccc3c(=O)[nH][nH]c3c2)cc1. The molecule has 7 N–H and O–H groups in total. The molecule has 0 radical (unpaired) electrons. The maximum absolute atomic E-state index is 13.6. The Morgan fingerprint density at radius 3 is 2.55 bits per heavy atom. The largest absolute Gasteiger partial charge is 0.345 e. The minimum absolute atomic E-state index is 0.101. The van der Waals surface area contributed by atoms with Crippen molar-refractivity contribution in [2.45, 2.75) is 45.1 Å². The highest BCUT2D eigenvalue weighted by Gasteiger charge is 2.29. The summed E-state index contributed by atoms with van der Waals surface area (Å²) >= 11 is 0. The van der Waals surface area contributed by atoms with Crippen LogP contribution in [0.25, 0.3) is 33.1 Å². The zero-order chi connectivity index (χ0) is 29.2. The van der Waals surface area contributed by atoms with E-state index in [0.717, 1.165) is 59.0 Å². The van der Waals surface area contributed by atoms with Crippen molar-refractivity contribution >= 4 is 39.4 Å². The van der Waals surface area contributed by atoms with Crippen LogP contribution in [0.15, 0.2) is 65.7 Å². The van der Waals surface area contributed by atoms with Crippen molar-refractivity contribution in [2.75, 3.05) is 11.9 Å². The van der Waals surface area contributed by atoms with Gasteiger partial charge in [-0.05, 0) is 97.7 Å². The van der Waals surface area contributed by atoms with Gasteiger partial charge < -0.3 is 21.4 Å².